The molecule has 0 spiro atoms. The fraction of sp³-hybridized carbons (Fsp3) is 0.158. The molecule has 4 aromatic rings. The van der Waals surface area contributed by atoms with Gasteiger partial charge >= 0.3 is 0 Å². The SMILES string of the molecule is Cc1cc(NC(=O)c2cc(-c3ccc(F)cc3)nc3onc(C)c23)n(C)n1. The lowest BCUT2D eigenvalue weighted by molar-refractivity contribution is 0.102. The van der Waals surface area contributed by atoms with Crippen LogP contribution in [-0.2, 0) is 7.05 Å². The summed E-state index contributed by atoms with van der Waals surface area (Å²) in [7, 11) is 1.75. The highest BCUT2D eigenvalue weighted by Gasteiger charge is 2.20. The quantitative estimate of drug-likeness (QED) is 0.599. The number of fused-ring (bicyclic) bond motifs is 1. The van der Waals surface area contributed by atoms with Gasteiger partial charge in [0.2, 0.25) is 0 Å². The number of carbonyl (C=O) groups is 1. The van der Waals surface area contributed by atoms with Gasteiger partial charge in [-0.3, -0.25) is 9.48 Å². The molecule has 0 aliphatic heterocycles. The maximum Gasteiger partial charge on any atom is 0.259 e. The van der Waals surface area contributed by atoms with Crippen LogP contribution in [0.5, 0.6) is 0 Å². The van der Waals surface area contributed by atoms with Gasteiger partial charge in [-0.15, -0.1) is 0 Å². The van der Waals surface area contributed by atoms with E-state index in [0.717, 1.165) is 5.69 Å². The Kier molecular flexibility index (Phi) is 3.95. The summed E-state index contributed by atoms with van der Waals surface area (Å²) in [6.07, 6.45) is 0. The van der Waals surface area contributed by atoms with E-state index in [1.165, 1.54) is 12.1 Å². The van der Waals surface area contributed by atoms with E-state index in [-0.39, 0.29) is 17.4 Å². The lowest BCUT2D eigenvalue weighted by atomic mass is 10.1. The third-order valence-electron chi connectivity index (χ3n) is 4.25. The van der Waals surface area contributed by atoms with E-state index in [9.17, 15) is 9.18 Å². The van der Waals surface area contributed by atoms with Gasteiger partial charge in [0.25, 0.3) is 11.6 Å². The molecule has 4 rings (SSSR count). The number of rotatable bonds is 3. The Balaban J connectivity index is 1.82. The van der Waals surface area contributed by atoms with Gasteiger partial charge in [0.15, 0.2) is 0 Å². The molecule has 7 nitrogen and oxygen atoms in total. The molecule has 1 N–H and O–H groups in total. The number of aromatic nitrogens is 4. The first kappa shape index (κ1) is 16.9. The fourth-order valence-electron chi connectivity index (χ4n) is 2.95. The van der Waals surface area contributed by atoms with Crippen LogP contribution in [0.4, 0.5) is 10.2 Å². The summed E-state index contributed by atoms with van der Waals surface area (Å²) < 4.78 is 20.1. The van der Waals surface area contributed by atoms with Crippen molar-refractivity contribution in [3.63, 3.8) is 0 Å². The first-order valence-corrected chi connectivity index (χ1v) is 8.27. The van der Waals surface area contributed by atoms with E-state index in [0.29, 0.717) is 33.7 Å². The minimum atomic E-state index is -0.347. The zero-order chi connectivity index (χ0) is 19.1. The van der Waals surface area contributed by atoms with Crippen LogP contribution in [0, 0.1) is 19.7 Å². The number of nitrogens with zero attached hydrogens (tertiary/aromatic N) is 4. The van der Waals surface area contributed by atoms with Crippen molar-refractivity contribution in [2.24, 2.45) is 7.05 Å². The van der Waals surface area contributed by atoms with E-state index >= 15 is 0 Å². The van der Waals surface area contributed by atoms with Crippen LogP contribution in [0.2, 0.25) is 0 Å². The summed E-state index contributed by atoms with van der Waals surface area (Å²) in [6.45, 7) is 3.59. The average molecular weight is 365 g/mol. The number of halogens is 1. The van der Waals surface area contributed by atoms with Crippen molar-refractivity contribution in [1.82, 2.24) is 19.9 Å². The van der Waals surface area contributed by atoms with Crippen molar-refractivity contribution in [3.8, 4) is 11.3 Å². The number of hydrogen-bond donors (Lipinski definition) is 1. The van der Waals surface area contributed by atoms with Crippen molar-refractivity contribution in [3.05, 3.63) is 59.2 Å². The lowest BCUT2D eigenvalue weighted by Gasteiger charge is -2.08. The first-order valence-electron chi connectivity index (χ1n) is 8.27. The number of pyridine rings is 1. The van der Waals surface area contributed by atoms with Crippen LogP contribution < -0.4 is 5.32 Å². The van der Waals surface area contributed by atoms with Crippen LogP contribution >= 0.6 is 0 Å². The second-order valence-corrected chi connectivity index (χ2v) is 6.26. The predicted molar refractivity (Wildman–Crippen MR) is 97.8 cm³/mol. The van der Waals surface area contributed by atoms with Crippen LogP contribution in [0.15, 0.2) is 40.9 Å². The largest absolute Gasteiger partial charge is 0.335 e. The van der Waals surface area contributed by atoms with Gasteiger partial charge < -0.3 is 9.84 Å². The zero-order valence-corrected chi connectivity index (χ0v) is 14.9. The summed E-state index contributed by atoms with van der Waals surface area (Å²) >= 11 is 0. The van der Waals surface area contributed by atoms with Gasteiger partial charge in [0, 0.05) is 18.7 Å². The Morgan fingerprint density at radius 3 is 2.59 bits per heavy atom. The van der Waals surface area contributed by atoms with E-state index < -0.39 is 0 Å². The molecule has 0 atom stereocenters. The molecule has 27 heavy (non-hydrogen) atoms. The molecule has 0 aliphatic carbocycles. The summed E-state index contributed by atoms with van der Waals surface area (Å²) in [4.78, 5) is 17.4. The highest BCUT2D eigenvalue weighted by atomic mass is 19.1. The monoisotopic (exact) mass is 365 g/mol. The first-order chi connectivity index (χ1) is 12.9. The third-order valence-corrected chi connectivity index (χ3v) is 4.25. The molecule has 0 saturated carbocycles. The third kappa shape index (κ3) is 3.05. The smallest absolute Gasteiger partial charge is 0.259 e. The van der Waals surface area contributed by atoms with Crippen molar-refractivity contribution >= 4 is 22.8 Å². The summed E-state index contributed by atoms with van der Waals surface area (Å²) in [5.74, 6) is -0.111. The number of nitrogens with one attached hydrogen (secondary N) is 1. The van der Waals surface area contributed by atoms with Gasteiger partial charge in [-0.2, -0.15) is 5.10 Å². The molecule has 0 bridgehead atoms. The number of hydrogen-bond acceptors (Lipinski definition) is 5. The molecule has 8 heteroatoms. The molecule has 0 aliphatic rings. The molecule has 0 radical (unpaired) electrons. The Labute approximate surface area is 153 Å². The van der Waals surface area contributed by atoms with Crippen LogP contribution in [-0.4, -0.2) is 25.8 Å². The van der Waals surface area contributed by atoms with Gasteiger partial charge in [-0.05, 0) is 44.2 Å². The van der Waals surface area contributed by atoms with Crippen molar-refractivity contribution in [1.29, 1.82) is 0 Å². The van der Waals surface area contributed by atoms with E-state index in [1.807, 2.05) is 6.92 Å². The predicted octanol–water partition coefficient (Wildman–Crippen LogP) is 3.63. The van der Waals surface area contributed by atoms with Gasteiger partial charge in [-0.25, -0.2) is 9.37 Å². The minimum absolute atomic E-state index is 0.251. The fourth-order valence-corrected chi connectivity index (χ4v) is 2.95. The van der Waals surface area contributed by atoms with Gasteiger partial charge in [0.05, 0.1) is 28.0 Å². The molecule has 3 heterocycles. The molecular weight excluding hydrogens is 349 g/mol. The topological polar surface area (TPSA) is 85.8 Å². The minimum Gasteiger partial charge on any atom is -0.335 e. The van der Waals surface area contributed by atoms with Crippen LogP contribution in [0.1, 0.15) is 21.7 Å². The van der Waals surface area contributed by atoms with Crippen LogP contribution in [0.3, 0.4) is 0 Å². The maximum absolute atomic E-state index is 13.2. The summed E-state index contributed by atoms with van der Waals surface area (Å²) in [5, 5.41) is 11.5. The van der Waals surface area contributed by atoms with Gasteiger partial charge in [-0.1, -0.05) is 5.16 Å². The Bertz CT molecular complexity index is 1160. The molecule has 0 unspecified atom stereocenters. The van der Waals surface area contributed by atoms with E-state index in [1.54, 1.807) is 42.9 Å². The standard InChI is InChI=1S/C19H16FN5O2/c1-10-8-16(25(3)23-10)22-18(26)14-9-15(12-4-6-13(20)7-5-12)21-19-17(14)11(2)24-27-19/h4-9H,1-3H3,(H,22,26). The molecule has 0 saturated heterocycles. The molecule has 136 valence electrons. The normalized spacial score (nSPS) is 11.1. The van der Waals surface area contributed by atoms with E-state index in [4.69, 9.17) is 4.52 Å². The number of anilines is 1. The maximum atomic E-state index is 13.2. The second kappa shape index (κ2) is 6.31. The van der Waals surface area contributed by atoms with Crippen molar-refractivity contribution in [2.45, 2.75) is 13.8 Å². The van der Waals surface area contributed by atoms with Crippen molar-refractivity contribution < 1.29 is 13.7 Å². The Morgan fingerprint density at radius 2 is 1.93 bits per heavy atom. The number of benzene rings is 1. The number of aryl methyl sites for hydroxylation is 3. The zero-order valence-electron chi connectivity index (χ0n) is 14.9. The Hall–Kier alpha value is -3.55. The second-order valence-electron chi connectivity index (χ2n) is 6.26. The highest BCUT2D eigenvalue weighted by molar-refractivity contribution is 6.12. The van der Waals surface area contributed by atoms with Crippen molar-refractivity contribution in [2.75, 3.05) is 5.32 Å². The lowest BCUT2D eigenvalue weighted by Crippen LogP contribution is -2.15. The molecular formula is C19H16FN5O2. The number of amides is 1. The molecule has 3 aromatic heterocycles. The molecule has 1 aromatic carbocycles. The van der Waals surface area contributed by atoms with Gasteiger partial charge in [0.1, 0.15) is 11.6 Å². The molecule has 1 amide bonds. The number of carbonyl (C=O) groups excluding carboxylic acids is 1. The highest BCUT2D eigenvalue weighted by Crippen LogP contribution is 2.28. The van der Waals surface area contributed by atoms with E-state index in [2.05, 4.69) is 20.6 Å². The molecule has 0 fully saturated rings. The Morgan fingerprint density at radius 1 is 1.19 bits per heavy atom. The summed E-state index contributed by atoms with van der Waals surface area (Å²) in [6, 6.07) is 9.30. The average Bonchev–Trinajstić information content (AvgIpc) is 3.16. The van der Waals surface area contributed by atoms with Crippen LogP contribution in [0.25, 0.3) is 22.4 Å². The summed E-state index contributed by atoms with van der Waals surface area (Å²) in [5.41, 5.74) is 3.13.